The van der Waals surface area contributed by atoms with Crippen LogP contribution in [-0.4, -0.2) is 11.0 Å². The predicted octanol–water partition coefficient (Wildman–Crippen LogP) is 2.95. The van der Waals surface area contributed by atoms with Gasteiger partial charge in [0.2, 0.25) is 0 Å². The number of amides is 2. The second-order valence-electron chi connectivity index (χ2n) is 4.79. The normalized spacial score (nSPS) is 11.7. The van der Waals surface area contributed by atoms with E-state index in [4.69, 9.17) is 0 Å². The van der Waals surface area contributed by atoms with E-state index in [1.54, 1.807) is 6.20 Å². The molecular formula is C16H19N3O. The molecule has 4 nitrogen and oxygen atoms in total. The first kappa shape index (κ1) is 14.1. The molecule has 2 rings (SSSR count). The van der Waals surface area contributed by atoms with E-state index >= 15 is 0 Å². The average molecular weight is 269 g/mol. The summed E-state index contributed by atoms with van der Waals surface area (Å²) in [5.41, 5.74) is 3.14. The molecule has 1 atom stereocenters. The monoisotopic (exact) mass is 269 g/mol. The number of urea groups is 1. The first-order valence-electron chi connectivity index (χ1n) is 6.66. The number of carbonyl (C=O) groups is 1. The van der Waals surface area contributed by atoms with Gasteiger partial charge in [0.25, 0.3) is 0 Å². The maximum absolute atomic E-state index is 11.8. The fraction of sp³-hybridized carbons (Fsp3) is 0.250. The number of pyridine rings is 1. The smallest absolute Gasteiger partial charge is 0.315 e. The second-order valence-corrected chi connectivity index (χ2v) is 4.79. The van der Waals surface area contributed by atoms with Crippen LogP contribution in [0.15, 0.2) is 48.7 Å². The summed E-state index contributed by atoms with van der Waals surface area (Å²) in [6.45, 7) is 4.47. The summed E-state index contributed by atoms with van der Waals surface area (Å²) >= 11 is 0. The maximum atomic E-state index is 11.8. The van der Waals surface area contributed by atoms with Crippen molar-refractivity contribution >= 4 is 6.03 Å². The van der Waals surface area contributed by atoms with Crippen LogP contribution in [-0.2, 0) is 6.54 Å². The van der Waals surface area contributed by atoms with Crippen LogP contribution in [0.5, 0.6) is 0 Å². The van der Waals surface area contributed by atoms with Gasteiger partial charge in [-0.3, -0.25) is 4.98 Å². The maximum Gasteiger partial charge on any atom is 0.315 e. The standard InChI is InChI=1S/C16H19N3O/c1-12-6-8-14(9-7-12)11-18-16(20)19-13(2)15-5-3-4-10-17-15/h3-10,13H,11H2,1-2H3,(H2,18,19,20)/t13-/m1/s1. The van der Waals surface area contributed by atoms with E-state index in [0.29, 0.717) is 6.54 Å². The summed E-state index contributed by atoms with van der Waals surface area (Å²) in [6, 6.07) is 13.4. The van der Waals surface area contributed by atoms with Gasteiger partial charge in [0.15, 0.2) is 0 Å². The highest BCUT2D eigenvalue weighted by Gasteiger charge is 2.09. The molecule has 0 aliphatic rings. The van der Waals surface area contributed by atoms with Gasteiger partial charge in [-0.05, 0) is 31.5 Å². The third-order valence-electron chi connectivity index (χ3n) is 3.05. The molecule has 0 aliphatic heterocycles. The van der Waals surface area contributed by atoms with Crippen LogP contribution in [0.3, 0.4) is 0 Å². The van der Waals surface area contributed by atoms with Crippen molar-refractivity contribution in [3.05, 3.63) is 65.5 Å². The molecule has 0 aliphatic carbocycles. The molecule has 0 spiro atoms. The van der Waals surface area contributed by atoms with Crippen LogP contribution >= 0.6 is 0 Å². The van der Waals surface area contributed by atoms with E-state index < -0.39 is 0 Å². The molecule has 0 saturated carbocycles. The Bertz CT molecular complexity index is 552. The summed E-state index contributed by atoms with van der Waals surface area (Å²) in [4.78, 5) is 16.0. The zero-order valence-electron chi connectivity index (χ0n) is 11.8. The van der Waals surface area contributed by atoms with Gasteiger partial charge in [-0.15, -0.1) is 0 Å². The summed E-state index contributed by atoms with van der Waals surface area (Å²) in [7, 11) is 0. The van der Waals surface area contributed by atoms with Crippen LogP contribution in [0.4, 0.5) is 4.79 Å². The molecule has 2 amide bonds. The molecule has 4 heteroatoms. The van der Waals surface area contributed by atoms with Crippen molar-refractivity contribution in [3.63, 3.8) is 0 Å². The van der Waals surface area contributed by atoms with Crippen LogP contribution in [0.2, 0.25) is 0 Å². The van der Waals surface area contributed by atoms with Crippen LogP contribution in [0, 0.1) is 6.92 Å². The first-order chi connectivity index (χ1) is 9.65. The molecule has 2 aromatic rings. The molecule has 0 radical (unpaired) electrons. The van der Waals surface area contributed by atoms with Crippen molar-refractivity contribution in [2.45, 2.75) is 26.4 Å². The van der Waals surface area contributed by atoms with Gasteiger partial charge in [-0.25, -0.2) is 4.79 Å². The van der Waals surface area contributed by atoms with E-state index in [2.05, 4.69) is 15.6 Å². The second kappa shape index (κ2) is 6.70. The Hall–Kier alpha value is -2.36. The summed E-state index contributed by atoms with van der Waals surface area (Å²) in [5.74, 6) is 0. The van der Waals surface area contributed by atoms with E-state index in [1.807, 2.05) is 56.3 Å². The molecule has 1 aromatic carbocycles. The fourth-order valence-electron chi connectivity index (χ4n) is 1.84. The Balaban J connectivity index is 1.82. The number of benzene rings is 1. The third-order valence-corrected chi connectivity index (χ3v) is 3.05. The lowest BCUT2D eigenvalue weighted by atomic mass is 10.1. The molecule has 1 aromatic heterocycles. The van der Waals surface area contributed by atoms with Gasteiger partial charge in [-0.1, -0.05) is 35.9 Å². The SMILES string of the molecule is Cc1ccc(CNC(=O)N[C@H](C)c2ccccn2)cc1. The molecule has 0 saturated heterocycles. The number of nitrogens with one attached hydrogen (secondary N) is 2. The Morgan fingerprint density at radius 1 is 1.20 bits per heavy atom. The number of hydrogen-bond acceptors (Lipinski definition) is 2. The van der Waals surface area contributed by atoms with E-state index in [0.717, 1.165) is 11.3 Å². The van der Waals surface area contributed by atoms with Crippen LogP contribution < -0.4 is 10.6 Å². The molecule has 0 bridgehead atoms. The highest BCUT2D eigenvalue weighted by atomic mass is 16.2. The van der Waals surface area contributed by atoms with Crippen LogP contribution in [0.1, 0.15) is 29.8 Å². The number of rotatable bonds is 4. The molecule has 0 fully saturated rings. The Morgan fingerprint density at radius 3 is 2.60 bits per heavy atom. The minimum absolute atomic E-state index is 0.116. The van der Waals surface area contributed by atoms with Crippen molar-refractivity contribution in [2.75, 3.05) is 0 Å². The predicted molar refractivity (Wildman–Crippen MR) is 79.2 cm³/mol. The molecule has 1 heterocycles. The Morgan fingerprint density at radius 2 is 1.95 bits per heavy atom. The third kappa shape index (κ3) is 4.09. The van der Waals surface area contributed by atoms with Gasteiger partial charge >= 0.3 is 6.03 Å². The minimum atomic E-state index is -0.191. The van der Waals surface area contributed by atoms with Crippen molar-refractivity contribution in [1.29, 1.82) is 0 Å². The van der Waals surface area contributed by atoms with Crippen molar-refractivity contribution < 1.29 is 4.79 Å². The zero-order valence-corrected chi connectivity index (χ0v) is 11.8. The molecule has 104 valence electrons. The zero-order chi connectivity index (χ0) is 14.4. The van der Waals surface area contributed by atoms with E-state index in [9.17, 15) is 4.79 Å². The topological polar surface area (TPSA) is 54.0 Å². The molecule has 0 unspecified atom stereocenters. The van der Waals surface area contributed by atoms with E-state index in [-0.39, 0.29) is 12.1 Å². The molecular weight excluding hydrogens is 250 g/mol. The minimum Gasteiger partial charge on any atom is -0.334 e. The number of nitrogens with zero attached hydrogens (tertiary/aromatic N) is 1. The van der Waals surface area contributed by atoms with E-state index in [1.165, 1.54) is 5.56 Å². The Kier molecular flexibility index (Phi) is 4.71. The lowest BCUT2D eigenvalue weighted by Gasteiger charge is -2.14. The largest absolute Gasteiger partial charge is 0.334 e. The van der Waals surface area contributed by atoms with Gasteiger partial charge in [0, 0.05) is 12.7 Å². The van der Waals surface area contributed by atoms with Gasteiger partial charge in [-0.2, -0.15) is 0 Å². The lowest BCUT2D eigenvalue weighted by Crippen LogP contribution is -2.36. The molecule has 20 heavy (non-hydrogen) atoms. The molecule has 2 N–H and O–H groups in total. The quantitative estimate of drug-likeness (QED) is 0.896. The average Bonchev–Trinajstić information content (AvgIpc) is 2.47. The summed E-state index contributed by atoms with van der Waals surface area (Å²) in [5, 5.41) is 5.71. The number of aryl methyl sites for hydroxylation is 1. The van der Waals surface area contributed by atoms with Gasteiger partial charge < -0.3 is 10.6 Å². The Labute approximate surface area is 119 Å². The first-order valence-corrected chi connectivity index (χ1v) is 6.66. The summed E-state index contributed by atoms with van der Waals surface area (Å²) < 4.78 is 0. The summed E-state index contributed by atoms with van der Waals surface area (Å²) in [6.07, 6.45) is 1.72. The van der Waals surface area contributed by atoms with Crippen molar-refractivity contribution in [2.24, 2.45) is 0 Å². The number of carbonyl (C=O) groups excluding carboxylic acids is 1. The fourth-order valence-corrected chi connectivity index (χ4v) is 1.84. The van der Waals surface area contributed by atoms with Gasteiger partial charge in [0.1, 0.15) is 0 Å². The van der Waals surface area contributed by atoms with Crippen molar-refractivity contribution in [3.8, 4) is 0 Å². The lowest BCUT2D eigenvalue weighted by molar-refractivity contribution is 0.237. The van der Waals surface area contributed by atoms with Gasteiger partial charge in [0.05, 0.1) is 11.7 Å². The highest BCUT2D eigenvalue weighted by molar-refractivity contribution is 5.74. The number of hydrogen-bond donors (Lipinski definition) is 2. The van der Waals surface area contributed by atoms with Crippen molar-refractivity contribution in [1.82, 2.24) is 15.6 Å². The highest BCUT2D eigenvalue weighted by Crippen LogP contribution is 2.07. The number of aromatic nitrogens is 1. The van der Waals surface area contributed by atoms with Crippen LogP contribution in [0.25, 0.3) is 0 Å².